The minimum Gasteiger partial charge on any atom is -0.491 e. The molecule has 0 bridgehead atoms. The Bertz CT molecular complexity index is 1200. The number of aliphatic hydroxyl groups excluding tert-OH is 1. The number of aliphatic hydroxyl groups is 1. The van der Waals surface area contributed by atoms with Gasteiger partial charge in [-0.2, -0.15) is 0 Å². The molecule has 0 aromatic heterocycles. The molecule has 0 aliphatic rings. The Morgan fingerprint density at radius 2 is 1.21 bits per heavy atom. The molecule has 0 spiro atoms. The van der Waals surface area contributed by atoms with Gasteiger partial charge in [-0.25, -0.2) is 0 Å². The van der Waals surface area contributed by atoms with E-state index >= 15 is 0 Å². The predicted octanol–water partition coefficient (Wildman–Crippen LogP) is 5.89. The smallest absolute Gasteiger partial charge is 0.324 e. The van der Waals surface area contributed by atoms with Crippen molar-refractivity contribution < 1.29 is 19.4 Å². The fourth-order valence-corrected chi connectivity index (χ4v) is 4.76. The number of benzene rings is 4. The molecular weight excluding hydrogens is 486 g/mol. The Balaban J connectivity index is 1.82. The number of esters is 1. The van der Waals surface area contributed by atoms with Gasteiger partial charge in [0.1, 0.15) is 24.0 Å². The number of nitrogens with one attached hydrogen (secondary N) is 1. The second kappa shape index (κ2) is 12.7. The van der Waals surface area contributed by atoms with Crippen molar-refractivity contribution in [2.75, 3.05) is 13.2 Å². The van der Waals surface area contributed by atoms with E-state index < -0.39 is 17.2 Å². The Morgan fingerprint density at radius 3 is 1.62 bits per heavy atom. The van der Waals surface area contributed by atoms with Crippen LogP contribution >= 0.6 is 0 Å². The quantitative estimate of drug-likeness (QED) is 0.189. The second-order valence-electron chi connectivity index (χ2n) is 10.5. The molecule has 0 saturated carbocycles. The van der Waals surface area contributed by atoms with Gasteiger partial charge in [0.05, 0.1) is 12.1 Å². The number of hydrogen-bond acceptors (Lipinski definition) is 5. The third-order valence-corrected chi connectivity index (χ3v) is 6.43. The summed E-state index contributed by atoms with van der Waals surface area (Å²) >= 11 is 0. The zero-order valence-corrected chi connectivity index (χ0v) is 22.8. The van der Waals surface area contributed by atoms with Gasteiger partial charge in [-0.05, 0) is 61.6 Å². The van der Waals surface area contributed by atoms with Crippen LogP contribution in [-0.2, 0) is 21.5 Å². The number of carbonyl (C=O) groups excluding carboxylic acids is 1. The molecule has 5 heteroatoms. The van der Waals surface area contributed by atoms with Gasteiger partial charge in [0.2, 0.25) is 0 Å². The molecular formula is C34H37NO4. The topological polar surface area (TPSA) is 67.8 Å². The van der Waals surface area contributed by atoms with Crippen molar-refractivity contribution in [1.82, 2.24) is 5.32 Å². The predicted molar refractivity (Wildman–Crippen MR) is 155 cm³/mol. The van der Waals surface area contributed by atoms with E-state index in [9.17, 15) is 4.79 Å². The normalized spacial score (nSPS) is 12.5. The fourth-order valence-electron chi connectivity index (χ4n) is 4.76. The number of hydrogen-bond donors (Lipinski definition) is 2. The lowest BCUT2D eigenvalue weighted by Gasteiger charge is -2.40. The number of carbonyl (C=O) groups is 1. The summed E-state index contributed by atoms with van der Waals surface area (Å²) in [7, 11) is 0. The maximum absolute atomic E-state index is 13.8. The van der Waals surface area contributed by atoms with Gasteiger partial charge >= 0.3 is 5.97 Å². The van der Waals surface area contributed by atoms with Crippen LogP contribution in [-0.4, -0.2) is 35.9 Å². The van der Waals surface area contributed by atoms with Gasteiger partial charge in [0, 0.05) is 0 Å². The maximum Gasteiger partial charge on any atom is 0.324 e. The van der Waals surface area contributed by atoms with Crippen LogP contribution in [0.3, 0.4) is 0 Å². The minimum absolute atomic E-state index is 0.0487. The van der Waals surface area contributed by atoms with Gasteiger partial charge < -0.3 is 14.6 Å². The molecule has 0 fully saturated rings. The van der Waals surface area contributed by atoms with Crippen LogP contribution in [0.1, 0.15) is 43.0 Å². The van der Waals surface area contributed by atoms with E-state index in [-0.39, 0.29) is 19.2 Å². The van der Waals surface area contributed by atoms with Gasteiger partial charge in [-0.1, -0.05) is 103 Å². The Morgan fingerprint density at radius 1 is 0.744 bits per heavy atom. The van der Waals surface area contributed by atoms with Crippen LogP contribution < -0.4 is 10.1 Å². The third kappa shape index (κ3) is 7.14. The van der Waals surface area contributed by atoms with Crippen molar-refractivity contribution in [2.24, 2.45) is 0 Å². The molecule has 4 aromatic rings. The van der Waals surface area contributed by atoms with Gasteiger partial charge in [0.25, 0.3) is 0 Å². The highest BCUT2D eigenvalue weighted by Crippen LogP contribution is 2.37. The molecule has 0 aliphatic carbocycles. The molecule has 4 rings (SSSR count). The SMILES string of the molecule is CC(C)(C)OC(=O)[C@H](Cc1ccc(OCCO)cc1)NC(c1ccccc1)(c1ccccc1)c1ccccc1. The van der Waals surface area contributed by atoms with Crippen molar-refractivity contribution >= 4 is 5.97 Å². The van der Waals surface area contributed by atoms with Crippen LogP contribution in [0.2, 0.25) is 0 Å². The highest BCUT2D eigenvalue weighted by Gasteiger charge is 2.40. The summed E-state index contributed by atoms with van der Waals surface area (Å²) in [5, 5.41) is 12.9. The standard InChI is InChI=1S/C34H37NO4/c1-33(2,3)39-32(37)31(25-26-19-21-30(22-20-26)38-24-23-36)35-34(27-13-7-4-8-14-27,28-15-9-5-10-16-28)29-17-11-6-12-18-29/h4-22,31,35-36H,23-25H2,1-3H3/t31-/m0/s1. The molecule has 39 heavy (non-hydrogen) atoms. The van der Waals surface area contributed by atoms with Crippen molar-refractivity contribution in [3.8, 4) is 5.75 Å². The van der Waals surface area contributed by atoms with Crippen molar-refractivity contribution in [3.05, 3.63) is 138 Å². The zero-order chi connectivity index (χ0) is 27.7. The maximum atomic E-state index is 13.8. The van der Waals surface area contributed by atoms with Crippen LogP contribution in [0.15, 0.2) is 115 Å². The monoisotopic (exact) mass is 523 g/mol. The second-order valence-corrected chi connectivity index (χ2v) is 10.5. The van der Waals surface area contributed by atoms with Crippen LogP contribution in [0.4, 0.5) is 0 Å². The van der Waals surface area contributed by atoms with Crippen molar-refractivity contribution in [2.45, 2.75) is 44.4 Å². The summed E-state index contributed by atoms with van der Waals surface area (Å²) in [5.41, 5.74) is 2.54. The first-order valence-corrected chi connectivity index (χ1v) is 13.3. The molecule has 0 unspecified atom stereocenters. The summed E-state index contributed by atoms with van der Waals surface area (Å²) in [5.74, 6) is 0.344. The Labute approximate surface area is 231 Å². The van der Waals surface area contributed by atoms with E-state index in [1.165, 1.54) is 0 Å². The molecule has 2 N–H and O–H groups in total. The molecule has 202 valence electrons. The van der Waals surface area contributed by atoms with E-state index in [1.807, 2.05) is 99.6 Å². The van der Waals surface area contributed by atoms with Crippen LogP contribution in [0, 0.1) is 0 Å². The Kier molecular flexibility index (Phi) is 9.18. The molecule has 0 radical (unpaired) electrons. The first kappa shape index (κ1) is 28.1. The minimum atomic E-state index is -0.824. The number of rotatable bonds is 11. The fraction of sp³-hybridized carbons (Fsp3) is 0.265. The van der Waals surface area contributed by atoms with E-state index in [0.717, 1.165) is 22.3 Å². The molecule has 5 nitrogen and oxygen atoms in total. The largest absolute Gasteiger partial charge is 0.491 e. The highest BCUT2D eigenvalue weighted by molar-refractivity contribution is 5.77. The lowest BCUT2D eigenvalue weighted by Crippen LogP contribution is -2.54. The summed E-state index contributed by atoms with van der Waals surface area (Å²) in [6.07, 6.45) is 0.406. The molecule has 0 heterocycles. The summed E-state index contributed by atoms with van der Waals surface area (Å²) in [6, 6.07) is 37.6. The van der Waals surface area contributed by atoms with E-state index in [2.05, 4.69) is 41.7 Å². The van der Waals surface area contributed by atoms with E-state index in [0.29, 0.717) is 12.2 Å². The van der Waals surface area contributed by atoms with Crippen LogP contribution in [0.5, 0.6) is 5.75 Å². The number of ether oxygens (including phenoxy) is 2. The summed E-state index contributed by atoms with van der Waals surface area (Å²) in [6.45, 7) is 5.83. The average molecular weight is 524 g/mol. The third-order valence-electron chi connectivity index (χ3n) is 6.43. The van der Waals surface area contributed by atoms with E-state index in [1.54, 1.807) is 0 Å². The van der Waals surface area contributed by atoms with Crippen molar-refractivity contribution in [3.63, 3.8) is 0 Å². The molecule has 0 amide bonds. The average Bonchev–Trinajstić information content (AvgIpc) is 2.95. The summed E-state index contributed by atoms with van der Waals surface area (Å²) in [4.78, 5) is 13.8. The lowest BCUT2D eigenvalue weighted by atomic mass is 9.76. The van der Waals surface area contributed by atoms with E-state index in [4.69, 9.17) is 14.6 Å². The lowest BCUT2D eigenvalue weighted by molar-refractivity contribution is -0.157. The molecule has 0 saturated heterocycles. The highest BCUT2D eigenvalue weighted by atomic mass is 16.6. The van der Waals surface area contributed by atoms with Crippen LogP contribution in [0.25, 0.3) is 0 Å². The van der Waals surface area contributed by atoms with Crippen molar-refractivity contribution in [1.29, 1.82) is 0 Å². The molecule has 1 atom stereocenters. The zero-order valence-electron chi connectivity index (χ0n) is 22.8. The van der Waals surface area contributed by atoms with Gasteiger partial charge in [-0.15, -0.1) is 0 Å². The molecule has 4 aromatic carbocycles. The first-order chi connectivity index (χ1) is 18.8. The molecule has 0 aliphatic heterocycles. The first-order valence-electron chi connectivity index (χ1n) is 13.3. The summed E-state index contributed by atoms with van der Waals surface area (Å²) < 4.78 is 11.5. The van der Waals surface area contributed by atoms with Gasteiger partial charge in [-0.3, -0.25) is 10.1 Å². The Hall–Kier alpha value is -3.93. The van der Waals surface area contributed by atoms with Gasteiger partial charge in [0.15, 0.2) is 0 Å².